The lowest BCUT2D eigenvalue weighted by molar-refractivity contribution is -0.109. The van der Waals surface area contributed by atoms with Crippen molar-refractivity contribution in [2.45, 2.75) is 88.0 Å². The summed E-state index contributed by atoms with van der Waals surface area (Å²) in [7, 11) is 5.77. The topological polar surface area (TPSA) is 106 Å². The number of aldehydes is 1. The zero-order valence-electron chi connectivity index (χ0n) is 36.2. The normalized spacial score (nSPS) is 21.6. The van der Waals surface area contributed by atoms with Crippen LogP contribution in [0.5, 0.6) is 0 Å². The fourth-order valence-corrected chi connectivity index (χ4v) is 10.4. The van der Waals surface area contributed by atoms with Crippen LogP contribution in [0.2, 0.25) is 5.02 Å². The predicted molar refractivity (Wildman–Crippen MR) is 245 cm³/mol. The lowest BCUT2D eigenvalue weighted by Gasteiger charge is -2.38. The quantitative estimate of drug-likeness (QED) is 0.113. The molecule has 2 unspecified atom stereocenters. The van der Waals surface area contributed by atoms with Gasteiger partial charge in [-0.3, -0.25) is 4.68 Å². The van der Waals surface area contributed by atoms with E-state index < -0.39 is 12.0 Å². The fraction of sp³-hybridized carbons (Fsp3) is 0.500. The highest BCUT2D eigenvalue weighted by molar-refractivity contribution is 6.32. The van der Waals surface area contributed by atoms with Gasteiger partial charge in [-0.1, -0.05) is 36.9 Å². The van der Waals surface area contributed by atoms with E-state index in [0.29, 0.717) is 35.0 Å². The molecule has 5 aliphatic rings. The Morgan fingerprint density at radius 1 is 1.06 bits per heavy atom. The second kappa shape index (κ2) is 17.3. The lowest BCUT2D eigenvalue weighted by Crippen LogP contribution is -2.45. The van der Waals surface area contributed by atoms with Crippen LogP contribution in [-0.4, -0.2) is 89.7 Å². The molecule has 2 aromatic carbocycles. The number of aryl methyl sites for hydroxylation is 1. The highest BCUT2D eigenvalue weighted by Gasteiger charge is 2.50. The number of alkyl halides is 2. The third-order valence-corrected chi connectivity index (χ3v) is 14.5. The first-order chi connectivity index (χ1) is 29.9. The van der Waals surface area contributed by atoms with Crippen molar-refractivity contribution in [3.63, 3.8) is 0 Å². The number of hydrogen-bond donors (Lipinski definition) is 3. The number of carbonyl (C=O) groups excluding carboxylic acids is 1. The Balaban J connectivity index is 0.800. The van der Waals surface area contributed by atoms with Gasteiger partial charge in [0.25, 0.3) is 5.92 Å². The largest absolute Gasteiger partial charge is 0.392 e. The molecule has 2 saturated heterocycles. The van der Waals surface area contributed by atoms with Crippen LogP contribution in [0.1, 0.15) is 92.9 Å². The monoisotopic (exact) mass is 864 g/mol. The van der Waals surface area contributed by atoms with Crippen LogP contribution in [0.3, 0.4) is 0 Å². The SMILES string of the molecule is C=C(CCC(C=O)c1nn(C)c2cc(C3CCN(CC4CCN(c5ncc(Cl)c(Nc6ccc7c(c6)C6=C(CCC(F)(F)C(C8CC8)N6)C(=C)N7C)n5)CC4)CC3)ccc12)NC. The van der Waals surface area contributed by atoms with Gasteiger partial charge in [0.1, 0.15) is 11.3 Å². The lowest BCUT2D eigenvalue weighted by atomic mass is 9.87. The fourth-order valence-electron chi connectivity index (χ4n) is 10.2. The molecule has 0 radical (unpaired) electrons. The molecule has 62 heavy (non-hydrogen) atoms. The summed E-state index contributed by atoms with van der Waals surface area (Å²) in [6.45, 7) is 13.3. The maximum atomic E-state index is 15.4. The van der Waals surface area contributed by atoms with Gasteiger partial charge in [-0.15, -0.1) is 0 Å². The van der Waals surface area contributed by atoms with E-state index in [2.05, 4.69) is 62.1 Å². The van der Waals surface area contributed by atoms with Gasteiger partial charge in [-0.05, 0) is 124 Å². The van der Waals surface area contributed by atoms with Crippen molar-refractivity contribution >= 4 is 57.6 Å². The number of anilines is 4. The van der Waals surface area contributed by atoms with Crippen molar-refractivity contribution in [2.24, 2.45) is 18.9 Å². The van der Waals surface area contributed by atoms with Crippen molar-refractivity contribution < 1.29 is 13.6 Å². The number of piperidine rings is 2. The van der Waals surface area contributed by atoms with Crippen LogP contribution in [0, 0.1) is 11.8 Å². The number of hydrogen-bond acceptors (Lipinski definition) is 10. The Hall–Kier alpha value is -5.01. The molecule has 14 heteroatoms. The van der Waals surface area contributed by atoms with Crippen molar-refractivity contribution in [3.05, 3.63) is 94.6 Å². The van der Waals surface area contributed by atoms with E-state index in [1.807, 2.05) is 48.9 Å². The van der Waals surface area contributed by atoms with E-state index in [9.17, 15) is 4.79 Å². The number of rotatable bonds is 13. The van der Waals surface area contributed by atoms with E-state index in [1.54, 1.807) is 6.20 Å². The molecule has 6 heterocycles. The minimum atomic E-state index is -2.79. The Labute approximate surface area is 368 Å². The molecule has 2 aromatic heterocycles. The molecule has 0 amide bonds. The van der Waals surface area contributed by atoms with E-state index >= 15 is 8.78 Å². The summed E-state index contributed by atoms with van der Waals surface area (Å²) in [5.41, 5.74) is 9.12. The molecule has 4 aromatic rings. The number of likely N-dealkylation sites (N-methyl/N-ethyl adjacent to an activating group) is 1. The first-order valence-electron chi connectivity index (χ1n) is 22.4. The Kier molecular flexibility index (Phi) is 11.8. The second-order valence-electron chi connectivity index (χ2n) is 18.2. The molecule has 0 bridgehead atoms. The molecule has 11 nitrogen and oxygen atoms in total. The number of carbonyl (C=O) groups is 1. The summed E-state index contributed by atoms with van der Waals surface area (Å²) in [5, 5.41) is 16.1. The van der Waals surface area contributed by atoms with Crippen LogP contribution in [0.25, 0.3) is 16.6 Å². The van der Waals surface area contributed by atoms with Crippen LogP contribution in [-0.2, 0) is 11.8 Å². The van der Waals surface area contributed by atoms with Gasteiger partial charge in [0, 0.05) is 80.9 Å². The maximum absolute atomic E-state index is 15.4. The van der Waals surface area contributed by atoms with Gasteiger partial charge in [0.05, 0.1) is 35.1 Å². The van der Waals surface area contributed by atoms with Gasteiger partial charge >= 0.3 is 0 Å². The molecule has 0 spiro atoms. The summed E-state index contributed by atoms with van der Waals surface area (Å²) >= 11 is 6.69. The number of benzene rings is 2. The molecule has 2 atom stereocenters. The molecule has 1 aliphatic carbocycles. The highest BCUT2D eigenvalue weighted by Crippen LogP contribution is 2.49. The standard InChI is InChI=1S/C48H59ClF2N10O/c1-29(52-3)6-7-35(28-62)43-38-12-10-34(24-42(38)59(5)57-43)32-17-20-60(21-18-32)27-31-15-22-61(23-16-31)47-53-26-40(49)46(56-47)54-36-11-13-41-39(25-36)44-37(30(2)58(41)4)14-19-48(50,51)45(55-44)33-8-9-33/h10-13,24-26,28,31-33,35,45,52,55H,1-2,6-9,14-23,27H2,3-5H3,(H,53,54,56). The highest BCUT2D eigenvalue weighted by atomic mass is 35.5. The van der Waals surface area contributed by atoms with Crippen LogP contribution >= 0.6 is 11.6 Å². The predicted octanol–water partition coefficient (Wildman–Crippen LogP) is 9.12. The van der Waals surface area contributed by atoms with E-state index in [-0.39, 0.29) is 24.7 Å². The van der Waals surface area contributed by atoms with Gasteiger partial charge in [0.2, 0.25) is 5.95 Å². The van der Waals surface area contributed by atoms with Gasteiger partial charge in [0.15, 0.2) is 5.82 Å². The first-order valence-corrected chi connectivity index (χ1v) is 22.8. The summed E-state index contributed by atoms with van der Waals surface area (Å²) in [6, 6.07) is 11.8. The molecular formula is C48H59ClF2N10O. The Morgan fingerprint density at radius 3 is 2.56 bits per heavy atom. The molecule has 9 rings (SSSR count). The van der Waals surface area contributed by atoms with Crippen LogP contribution in [0.15, 0.2) is 72.7 Å². The molecule has 4 aliphatic heterocycles. The minimum Gasteiger partial charge on any atom is -0.392 e. The van der Waals surface area contributed by atoms with Gasteiger partial charge < -0.3 is 35.4 Å². The second-order valence-corrected chi connectivity index (χ2v) is 18.6. The summed E-state index contributed by atoms with van der Waals surface area (Å²) < 4.78 is 32.7. The number of fused-ring (bicyclic) bond motifs is 3. The molecule has 1 saturated carbocycles. The zero-order chi connectivity index (χ0) is 43.3. The summed E-state index contributed by atoms with van der Waals surface area (Å²) in [5.74, 6) is -0.800. The number of nitrogens with one attached hydrogen (secondary N) is 3. The number of nitrogens with zero attached hydrogens (tertiary/aromatic N) is 7. The van der Waals surface area contributed by atoms with Gasteiger partial charge in [-0.25, -0.2) is 13.8 Å². The van der Waals surface area contributed by atoms with E-state index in [4.69, 9.17) is 21.7 Å². The van der Waals surface area contributed by atoms with Crippen molar-refractivity contribution in [2.75, 3.05) is 61.9 Å². The molecular weight excluding hydrogens is 806 g/mol. The number of aromatic nitrogens is 4. The third kappa shape index (κ3) is 8.42. The summed E-state index contributed by atoms with van der Waals surface area (Å²) in [4.78, 5) is 28.5. The Morgan fingerprint density at radius 2 is 1.84 bits per heavy atom. The van der Waals surface area contributed by atoms with Crippen LogP contribution in [0.4, 0.5) is 31.9 Å². The van der Waals surface area contributed by atoms with E-state index in [1.165, 1.54) is 5.56 Å². The molecule has 328 valence electrons. The third-order valence-electron chi connectivity index (χ3n) is 14.2. The minimum absolute atomic E-state index is 0.0168. The average Bonchev–Trinajstić information content (AvgIpc) is 4.09. The summed E-state index contributed by atoms with van der Waals surface area (Å²) in [6.07, 6.45) is 10.2. The van der Waals surface area contributed by atoms with Gasteiger partial charge in [-0.2, -0.15) is 10.1 Å². The number of allylic oxidation sites excluding steroid dienone is 2. The molecule has 3 N–H and O–H groups in total. The number of likely N-dealkylation sites (tertiary alicyclic amines) is 1. The first kappa shape index (κ1) is 42.3. The number of halogens is 3. The maximum Gasteiger partial charge on any atom is 0.268 e. The smallest absolute Gasteiger partial charge is 0.268 e. The molecule has 3 fully saturated rings. The van der Waals surface area contributed by atoms with Crippen molar-refractivity contribution in [1.82, 2.24) is 35.3 Å². The zero-order valence-corrected chi connectivity index (χ0v) is 37.0. The van der Waals surface area contributed by atoms with Crippen LogP contribution < -0.4 is 25.8 Å². The van der Waals surface area contributed by atoms with Crippen molar-refractivity contribution in [3.8, 4) is 0 Å². The average molecular weight is 866 g/mol. The Bertz CT molecular complexity index is 2390. The van der Waals surface area contributed by atoms with Crippen molar-refractivity contribution in [1.29, 1.82) is 0 Å². The van der Waals surface area contributed by atoms with E-state index in [0.717, 1.165) is 140 Å².